The van der Waals surface area contributed by atoms with Crippen LogP contribution in [-0.2, 0) is 25.5 Å². The Kier molecular flexibility index (Phi) is 9.62. The van der Waals surface area contributed by atoms with Crippen molar-refractivity contribution in [3.05, 3.63) is 92.3 Å². The Morgan fingerprint density at radius 2 is 2.02 bits per heavy atom. The number of carbonyl (C=O) groups excluding carboxylic acids is 3. The molecule has 0 aliphatic carbocycles. The molecular weight excluding hydrogens is 630 g/mol. The Bertz CT molecular complexity index is 1790. The van der Waals surface area contributed by atoms with Crippen LogP contribution in [0.2, 0.25) is 0 Å². The number of benzene rings is 2. The summed E-state index contributed by atoms with van der Waals surface area (Å²) in [6.45, 7) is 11.8. The number of carbonyl (C=O) groups is 3. The Morgan fingerprint density at radius 3 is 2.75 bits per heavy atom. The number of nitrogens with zero attached hydrogens (tertiary/aromatic N) is 4. The summed E-state index contributed by atoms with van der Waals surface area (Å²) in [6.07, 6.45) is 3.98. The molecule has 0 radical (unpaired) electrons. The van der Waals surface area contributed by atoms with Crippen molar-refractivity contribution in [2.45, 2.75) is 53.5 Å². The lowest BCUT2D eigenvalue weighted by Gasteiger charge is -2.36. The summed E-state index contributed by atoms with van der Waals surface area (Å²) in [5.41, 5.74) is 4.54. The van der Waals surface area contributed by atoms with Crippen LogP contribution in [0, 0.1) is 36.9 Å². The lowest BCUT2D eigenvalue weighted by molar-refractivity contribution is -0.139. The molecule has 0 spiro atoms. The summed E-state index contributed by atoms with van der Waals surface area (Å²) in [6, 6.07) is 10.1. The second kappa shape index (κ2) is 13.7. The van der Waals surface area contributed by atoms with Crippen LogP contribution in [-0.4, -0.2) is 66.7 Å². The van der Waals surface area contributed by atoms with Crippen molar-refractivity contribution in [3.8, 4) is 0 Å². The molecule has 3 aromatic rings. The summed E-state index contributed by atoms with van der Waals surface area (Å²) < 4.78 is 20.4. The van der Waals surface area contributed by atoms with Gasteiger partial charge in [0.2, 0.25) is 5.91 Å². The van der Waals surface area contributed by atoms with E-state index in [-0.39, 0.29) is 30.2 Å². The van der Waals surface area contributed by atoms with Gasteiger partial charge >= 0.3 is 5.97 Å². The van der Waals surface area contributed by atoms with Crippen molar-refractivity contribution in [2.24, 2.45) is 22.2 Å². The highest BCUT2D eigenvalue weighted by atomic mass is 32.1. The number of halogens is 1. The number of ether oxygens (including phenoxy) is 1. The van der Waals surface area contributed by atoms with Gasteiger partial charge in [-0.25, -0.2) is 14.2 Å². The van der Waals surface area contributed by atoms with E-state index in [2.05, 4.69) is 21.3 Å². The third-order valence-corrected chi connectivity index (χ3v) is 10.4. The van der Waals surface area contributed by atoms with Gasteiger partial charge in [-0.3, -0.25) is 14.7 Å². The molecule has 0 saturated carbocycles. The lowest BCUT2D eigenvalue weighted by Crippen LogP contribution is -2.45. The standard InChI is InChI=1S/C37H42FN5O4S/c1-6-47-36(46)31-30(40-33(34-39-13-15-48-34)41-32(31)27-8-7-9-29(38)23(27)3)20-42-14-12-28-25(18-42)19-43(35(28)45)26-11-10-22(2)24(16-26)17-37(4,5)21-44/h7-11,13,15-16,21,25,28,32H,6,12,14,17-20H2,1-5H3,(H,40,41)/t25?,28?,32-/m0/s1. The number of likely N-dealkylation sites (tertiary alicyclic amines) is 1. The van der Waals surface area contributed by atoms with Gasteiger partial charge in [0.05, 0.1) is 12.2 Å². The van der Waals surface area contributed by atoms with Crippen molar-refractivity contribution >= 4 is 41.0 Å². The first kappa shape index (κ1) is 33.7. The van der Waals surface area contributed by atoms with E-state index in [0.29, 0.717) is 72.3 Å². The molecule has 1 aromatic heterocycles. The quantitative estimate of drug-likeness (QED) is 0.222. The van der Waals surface area contributed by atoms with E-state index < -0.39 is 17.4 Å². The van der Waals surface area contributed by atoms with Gasteiger partial charge in [0.25, 0.3) is 0 Å². The number of rotatable bonds is 10. The summed E-state index contributed by atoms with van der Waals surface area (Å²) in [5, 5.41) is 5.93. The number of amides is 1. The number of aryl methyl sites for hydroxylation is 1. The number of anilines is 1. The number of hydrogen-bond donors (Lipinski definition) is 1. The molecular formula is C37H42FN5O4S. The van der Waals surface area contributed by atoms with Crippen molar-refractivity contribution in [3.63, 3.8) is 0 Å². The number of piperidine rings is 1. The maximum Gasteiger partial charge on any atom is 0.338 e. The summed E-state index contributed by atoms with van der Waals surface area (Å²) in [7, 11) is 0. The van der Waals surface area contributed by atoms with Crippen LogP contribution in [0.3, 0.4) is 0 Å². The van der Waals surface area contributed by atoms with Crippen LogP contribution in [0.4, 0.5) is 10.1 Å². The van der Waals surface area contributed by atoms with Crippen molar-refractivity contribution in [1.82, 2.24) is 15.2 Å². The Morgan fingerprint density at radius 1 is 1.21 bits per heavy atom. The fraction of sp³-hybridized carbons (Fsp3) is 0.432. The van der Waals surface area contributed by atoms with E-state index in [0.717, 1.165) is 23.1 Å². The van der Waals surface area contributed by atoms with Gasteiger partial charge in [0.15, 0.2) is 10.8 Å². The second-order valence-corrected chi connectivity index (χ2v) is 14.5. The first-order valence-corrected chi connectivity index (χ1v) is 17.4. The SMILES string of the molecule is CCOC(=O)C1=C(CN2CCC3C(=O)N(c4ccc(C)c(CC(C)(C)C=O)c4)CC3C2)NC(c2nccs2)=N[C@H]1c1cccc(F)c1C. The zero-order chi connectivity index (χ0) is 34.2. The summed E-state index contributed by atoms with van der Waals surface area (Å²) >= 11 is 1.43. The van der Waals surface area contributed by atoms with Crippen LogP contribution in [0.25, 0.3) is 0 Å². The highest BCUT2D eigenvalue weighted by Gasteiger charge is 2.45. The van der Waals surface area contributed by atoms with Gasteiger partial charge in [0.1, 0.15) is 18.1 Å². The third kappa shape index (κ3) is 6.71. The number of fused-ring (bicyclic) bond motifs is 1. The Balaban J connectivity index is 1.28. The number of thiazole rings is 1. The molecule has 252 valence electrons. The molecule has 11 heteroatoms. The summed E-state index contributed by atoms with van der Waals surface area (Å²) in [4.78, 5) is 52.5. The molecule has 6 rings (SSSR count). The second-order valence-electron chi connectivity index (χ2n) is 13.6. The van der Waals surface area contributed by atoms with Crippen LogP contribution in [0.1, 0.15) is 60.5 Å². The third-order valence-electron chi connectivity index (χ3n) is 9.67. The Labute approximate surface area is 284 Å². The minimum absolute atomic E-state index is 0.0922. The maximum atomic E-state index is 14.8. The molecule has 3 aliphatic heterocycles. The molecule has 9 nitrogen and oxygen atoms in total. The normalized spacial score (nSPS) is 21.5. The smallest absolute Gasteiger partial charge is 0.338 e. The highest BCUT2D eigenvalue weighted by Crippen LogP contribution is 2.39. The molecule has 4 heterocycles. The molecule has 2 unspecified atom stereocenters. The van der Waals surface area contributed by atoms with Gasteiger partial charge < -0.3 is 19.7 Å². The van der Waals surface area contributed by atoms with Gasteiger partial charge in [0, 0.05) is 59.8 Å². The van der Waals surface area contributed by atoms with Crippen LogP contribution in [0.15, 0.2) is 64.2 Å². The van der Waals surface area contributed by atoms with Crippen molar-refractivity contribution < 1.29 is 23.5 Å². The average Bonchev–Trinajstić information content (AvgIpc) is 3.72. The number of hydrogen-bond acceptors (Lipinski definition) is 9. The van der Waals surface area contributed by atoms with Gasteiger partial charge in [-0.1, -0.05) is 32.0 Å². The predicted molar refractivity (Wildman–Crippen MR) is 184 cm³/mol. The van der Waals surface area contributed by atoms with Crippen LogP contribution >= 0.6 is 11.3 Å². The molecule has 3 aliphatic rings. The van der Waals surface area contributed by atoms with E-state index in [1.807, 2.05) is 43.2 Å². The monoisotopic (exact) mass is 671 g/mol. The first-order valence-electron chi connectivity index (χ1n) is 16.5. The number of esters is 1. The van der Waals surface area contributed by atoms with Gasteiger partial charge in [-0.2, -0.15) is 0 Å². The molecule has 2 fully saturated rings. The van der Waals surface area contributed by atoms with Crippen molar-refractivity contribution in [1.29, 1.82) is 0 Å². The number of aromatic nitrogens is 1. The number of amidine groups is 1. The molecule has 48 heavy (non-hydrogen) atoms. The largest absolute Gasteiger partial charge is 0.463 e. The minimum Gasteiger partial charge on any atom is -0.463 e. The molecule has 1 N–H and O–H groups in total. The molecule has 2 aromatic carbocycles. The van der Waals surface area contributed by atoms with E-state index >= 15 is 0 Å². The fourth-order valence-corrected chi connectivity index (χ4v) is 7.64. The zero-order valence-corrected chi connectivity index (χ0v) is 28.9. The summed E-state index contributed by atoms with van der Waals surface area (Å²) in [5.74, 6) is -0.206. The van der Waals surface area contributed by atoms with Crippen LogP contribution in [0.5, 0.6) is 0 Å². The van der Waals surface area contributed by atoms with E-state index in [4.69, 9.17) is 9.73 Å². The maximum absolute atomic E-state index is 14.8. The lowest BCUT2D eigenvalue weighted by atomic mass is 9.85. The van der Waals surface area contributed by atoms with E-state index in [1.165, 1.54) is 17.4 Å². The van der Waals surface area contributed by atoms with E-state index in [9.17, 15) is 18.8 Å². The van der Waals surface area contributed by atoms with Gasteiger partial charge in [-0.15, -0.1) is 11.3 Å². The number of aliphatic imine (C=N–C) groups is 1. The van der Waals surface area contributed by atoms with Crippen molar-refractivity contribution in [2.75, 3.05) is 37.7 Å². The molecule has 1 amide bonds. The Hall–Kier alpha value is -4.22. The highest BCUT2D eigenvalue weighted by molar-refractivity contribution is 7.11. The van der Waals surface area contributed by atoms with Crippen LogP contribution < -0.4 is 10.2 Å². The molecule has 3 atom stereocenters. The molecule has 2 saturated heterocycles. The minimum atomic E-state index is -0.782. The number of nitrogens with one attached hydrogen (secondary N) is 1. The topological polar surface area (TPSA) is 104 Å². The average molecular weight is 672 g/mol. The zero-order valence-electron chi connectivity index (χ0n) is 28.1. The first-order chi connectivity index (χ1) is 23.0. The fourth-order valence-electron chi connectivity index (χ4n) is 7.05. The molecule has 0 bridgehead atoms. The van der Waals surface area contributed by atoms with E-state index in [1.54, 1.807) is 32.2 Å². The van der Waals surface area contributed by atoms with Gasteiger partial charge in [-0.05, 0) is 80.6 Å². The number of aldehydes is 1. The predicted octanol–water partition coefficient (Wildman–Crippen LogP) is 5.56.